The smallest absolute Gasteiger partial charge is 0.303 e. The first-order valence-electron chi connectivity index (χ1n) is 17.2. The van der Waals surface area contributed by atoms with E-state index in [1.807, 2.05) is 12.1 Å². The second kappa shape index (κ2) is 12.8. The van der Waals surface area contributed by atoms with E-state index < -0.39 is 16.1 Å². The van der Waals surface area contributed by atoms with Crippen LogP contribution < -0.4 is 4.72 Å². The van der Waals surface area contributed by atoms with Crippen molar-refractivity contribution in [2.45, 2.75) is 82.7 Å². The predicted molar refractivity (Wildman–Crippen MR) is 181 cm³/mol. The molecule has 4 heterocycles. The van der Waals surface area contributed by atoms with Gasteiger partial charge >= 0.3 is 10.2 Å². The molecule has 46 heavy (non-hydrogen) atoms. The summed E-state index contributed by atoms with van der Waals surface area (Å²) < 4.78 is 30.5. The molecule has 1 aromatic heterocycles. The molecule has 0 radical (unpaired) electrons. The van der Waals surface area contributed by atoms with E-state index in [0.717, 1.165) is 54.0 Å². The number of fused-ring (bicyclic) bond motifs is 5. The quantitative estimate of drug-likeness (QED) is 0.400. The molecule has 3 aromatic rings. The van der Waals surface area contributed by atoms with Crippen molar-refractivity contribution in [2.75, 3.05) is 40.3 Å². The topological polar surface area (TPSA) is 95.0 Å². The number of carbonyl (C=O) groups is 2. The highest BCUT2D eigenvalue weighted by molar-refractivity contribution is 7.87. The zero-order valence-electron chi connectivity index (χ0n) is 27.2. The van der Waals surface area contributed by atoms with Gasteiger partial charge in [-0.2, -0.15) is 12.7 Å². The van der Waals surface area contributed by atoms with E-state index in [1.165, 1.54) is 81.7 Å². The highest BCUT2D eigenvalue weighted by atomic mass is 32.2. The van der Waals surface area contributed by atoms with Crippen LogP contribution in [-0.2, 0) is 28.0 Å². The fraction of sp³-hybridized carbons (Fsp3) is 0.556. The zero-order chi connectivity index (χ0) is 32.0. The van der Waals surface area contributed by atoms with Crippen LogP contribution in [0.5, 0.6) is 0 Å². The molecule has 3 fully saturated rings. The van der Waals surface area contributed by atoms with Crippen molar-refractivity contribution in [3.63, 3.8) is 0 Å². The summed E-state index contributed by atoms with van der Waals surface area (Å²) in [7, 11) is -1.15. The van der Waals surface area contributed by atoms with Crippen LogP contribution in [-0.4, -0.2) is 85.2 Å². The highest BCUT2D eigenvalue weighted by Gasteiger charge is 2.36. The van der Waals surface area contributed by atoms with E-state index in [9.17, 15) is 18.0 Å². The third-order valence-electron chi connectivity index (χ3n) is 11.0. The number of carbonyl (C=O) groups excluding carboxylic acids is 2. The summed E-state index contributed by atoms with van der Waals surface area (Å²) in [6, 6.07) is 14.7. The number of likely N-dealkylation sites (tertiary alicyclic amines) is 2. The molecular formula is C36H47N5O4S. The largest absolute Gasteiger partial charge is 0.342 e. The van der Waals surface area contributed by atoms with Crippen molar-refractivity contribution < 1.29 is 18.0 Å². The molecule has 9 nitrogen and oxygen atoms in total. The standard InChI is InChI=1S/C36H47N5O4S/c1-38(2)46(44,45)37-35(42)27-14-15-31-32(23-27)41-24-28(36(43)40-20-16-29(17-21-40)39-18-8-9-19-39)22-26-12-6-7-13-30(26)34(41)33(31)25-10-4-3-5-11-25/h6-7,12-15,23,25,28-29H,3-5,8-11,16-22,24H2,1-2H3,(H,37,42). The molecule has 0 bridgehead atoms. The number of rotatable bonds is 6. The maximum absolute atomic E-state index is 14.4. The number of nitrogens with zero attached hydrogens (tertiary/aromatic N) is 4. The average Bonchev–Trinajstić information content (AvgIpc) is 3.67. The molecule has 1 aliphatic carbocycles. The van der Waals surface area contributed by atoms with E-state index >= 15 is 0 Å². The van der Waals surface area contributed by atoms with Crippen molar-refractivity contribution in [1.29, 1.82) is 0 Å². The van der Waals surface area contributed by atoms with Gasteiger partial charge in [0.25, 0.3) is 5.91 Å². The number of hydrogen-bond donors (Lipinski definition) is 1. The van der Waals surface area contributed by atoms with Gasteiger partial charge in [0, 0.05) is 61.8 Å². The summed E-state index contributed by atoms with van der Waals surface area (Å²) in [6.45, 7) is 4.50. The number of amides is 2. The Morgan fingerprint density at radius 3 is 2.30 bits per heavy atom. The van der Waals surface area contributed by atoms with E-state index in [1.54, 1.807) is 6.07 Å². The summed E-state index contributed by atoms with van der Waals surface area (Å²) in [4.78, 5) is 32.3. The van der Waals surface area contributed by atoms with Gasteiger partial charge in [0.05, 0.1) is 11.6 Å². The van der Waals surface area contributed by atoms with Crippen LogP contribution in [0.1, 0.15) is 85.2 Å². The van der Waals surface area contributed by atoms with Gasteiger partial charge in [-0.1, -0.05) is 49.6 Å². The Kier molecular flexibility index (Phi) is 8.71. The van der Waals surface area contributed by atoms with Gasteiger partial charge in [0.2, 0.25) is 5.91 Å². The minimum Gasteiger partial charge on any atom is -0.342 e. The van der Waals surface area contributed by atoms with Crippen molar-refractivity contribution >= 4 is 32.9 Å². The first-order chi connectivity index (χ1) is 22.2. The monoisotopic (exact) mass is 645 g/mol. The average molecular weight is 646 g/mol. The number of nitrogens with one attached hydrogen (secondary N) is 1. The lowest BCUT2D eigenvalue weighted by Gasteiger charge is -2.38. The van der Waals surface area contributed by atoms with Gasteiger partial charge in [-0.3, -0.25) is 9.59 Å². The van der Waals surface area contributed by atoms with Crippen molar-refractivity contribution in [2.24, 2.45) is 5.92 Å². The van der Waals surface area contributed by atoms with Gasteiger partial charge in [-0.15, -0.1) is 0 Å². The SMILES string of the molecule is CN(C)S(=O)(=O)NC(=O)c1ccc2c(C3CCCCC3)c3n(c2c1)CC(C(=O)N1CCC(N2CCCC2)CC1)Cc1ccccc1-3. The molecule has 0 spiro atoms. The van der Waals surface area contributed by atoms with Crippen LogP contribution in [0.25, 0.3) is 22.2 Å². The molecule has 1 saturated carbocycles. The first-order valence-corrected chi connectivity index (χ1v) is 18.7. The van der Waals surface area contributed by atoms with Gasteiger partial charge in [-0.05, 0) is 87.2 Å². The Morgan fingerprint density at radius 1 is 0.870 bits per heavy atom. The van der Waals surface area contributed by atoms with E-state index in [4.69, 9.17) is 0 Å². The summed E-state index contributed by atoms with van der Waals surface area (Å²) in [6.07, 6.45) is 11.2. The molecule has 2 aromatic carbocycles. The number of aromatic nitrogens is 1. The number of piperidine rings is 1. The molecule has 246 valence electrons. The zero-order valence-corrected chi connectivity index (χ0v) is 28.0. The summed E-state index contributed by atoms with van der Waals surface area (Å²) in [5.74, 6) is -0.277. The Hall–Kier alpha value is -3.21. The van der Waals surface area contributed by atoms with Crippen molar-refractivity contribution in [3.8, 4) is 11.3 Å². The van der Waals surface area contributed by atoms with Gasteiger partial charge in [0.15, 0.2) is 0 Å². The lowest BCUT2D eigenvalue weighted by Crippen LogP contribution is -2.48. The molecule has 2 amide bonds. The summed E-state index contributed by atoms with van der Waals surface area (Å²) in [5.41, 5.74) is 6.03. The van der Waals surface area contributed by atoms with Crippen LogP contribution in [0.15, 0.2) is 42.5 Å². The normalized spacial score (nSPS) is 21.7. The minimum absolute atomic E-state index is 0.217. The first kappa shape index (κ1) is 31.4. The molecule has 4 aliphatic rings. The van der Waals surface area contributed by atoms with Crippen LogP contribution in [0.3, 0.4) is 0 Å². The highest BCUT2D eigenvalue weighted by Crippen LogP contribution is 2.47. The Morgan fingerprint density at radius 2 is 1.59 bits per heavy atom. The third-order valence-corrected chi connectivity index (χ3v) is 12.4. The van der Waals surface area contributed by atoms with Crippen molar-refractivity contribution in [1.82, 2.24) is 23.4 Å². The van der Waals surface area contributed by atoms with E-state index in [-0.39, 0.29) is 17.4 Å². The van der Waals surface area contributed by atoms with E-state index in [0.29, 0.717) is 24.9 Å². The molecule has 3 aliphatic heterocycles. The Labute approximate surface area is 273 Å². The van der Waals surface area contributed by atoms with Crippen molar-refractivity contribution in [3.05, 3.63) is 59.2 Å². The number of hydrogen-bond acceptors (Lipinski definition) is 5. The summed E-state index contributed by atoms with van der Waals surface area (Å²) in [5, 5.41) is 1.10. The third kappa shape index (κ3) is 5.88. The Balaban J connectivity index is 1.29. The molecule has 7 rings (SSSR count). The summed E-state index contributed by atoms with van der Waals surface area (Å²) >= 11 is 0. The maximum atomic E-state index is 14.4. The molecule has 1 unspecified atom stereocenters. The van der Waals surface area contributed by atoms with Gasteiger partial charge < -0.3 is 14.4 Å². The lowest BCUT2D eigenvalue weighted by atomic mass is 9.81. The second-order valence-corrected chi connectivity index (χ2v) is 15.9. The molecule has 1 atom stereocenters. The van der Waals surface area contributed by atoms with Gasteiger partial charge in [0.1, 0.15) is 0 Å². The predicted octanol–water partition coefficient (Wildman–Crippen LogP) is 5.15. The molecule has 2 saturated heterocycles. The molecule has 10 heteroatoms. The number of benzene rings is 2. The van der Waals surface area contributed by atoms with Crippen LogP contribution >= 0.6 is 0 Å². The molecule has 1 N–H and O–H groups in total. The molecular weight excluding hydrogens is 598 g/mol. The Bertz CT molecular complexity index is 1730. The van der Waals surface area contributed by atoms with Crippen LogP contribution in [0, 0.1) is 5.92 Å². The van der Waals surface area contributed by atoms with Gasteiger partial charge in [-0.25, -0.2) is 4.72 Å². The fourth-order valence-corrected chi connectivity index (χ4v) is 9.07. The maximum Gasteiger partial charge on any atom is 0.303 e. The minimum atomic E-state index is -3.94. The lowest BCUT2D eigenvalue weighted by molar-refractivity contribution is -0.137. The van der Waals surface area contributed by atoms with Crippen LogP contribution in [0.2, 0.25) is 0 Å². The second-order valence-electron chi connectivity index (χ2n) is 14.0. The van der Waals surface area contributed by atoms with Crippen LogP contribution in [0.4, 0.5) is 0 Å². The fourth-order valence-electron chi connectivity index (χ4n) is 8.53. The van der Waals surface area contributed by atoms with E-state index in [2.05, 4.69) is 43.4 Å².